The number of rotatable bonds is 1. The fourth-order valence-corrected chi connectivity index (χ4v) is 2.47. The molecule has 0 amide bonds. The molecule has 1 heterocycles. The van der Waals surface area contributed by atoms with Crippen LogP contribution in [0, 0.1) is 3.57 Å². The minimum atomic E-state index is -0.620. The predicted octanol–water partition coefficient (Wildman–Crippen LogP) is 2.44. The van der Waals surface area contributed by atoms with E-state index in [1.54, 1.807) is 18.2 Å². The smallest absolute Gasteiger partial charge is 0.297 e. The van der Waals surface area contributed by atoms with Crippen LogP contribution in [0.3, 0.4) is 0 Å². The van der Waals surface area contributed by atoms with Crippen LogP contribution >= 0.6 is 45.8 Å². The molecule has 0 atom stereocenters. The normalized spacial score (nSPS) is 10.5. The molecule has 1 N–H and O–H groups in total. The van der Waals surface area contributed by atoms with E-state index in [2.05, 4.69) is 27.6 Å². The number of aromatic amines is 1. The Bertz CT molecular complexity index is 662. The lowest BCUT2D eigenvalue weighted by Crippen LogP contribution is -2.33. The molecule has 17 heavy (non-hydrogen) atoms. The Morgan fingerprint density at radius 2 is 1.88 bits per heavy atom. The summed E-state index contributed by atoms with van der Waals surface area (Å²) < 4.78 is 1.85. The fraction of sp³-hybridized carbons (Fsp3) is 0. The highest BCUT2D eigenvalue weighted by molar-refractivity contribution is 14.1. The molecule has 0 spiro atoms. The zero-order chi connectivity index (χ0) is 12.6. The number of aromatic nitrogens is 2. The largest absolute Gasteiger partial charge is 0.334 e. The first kappa shape index (κ1) is 12.7. The zero-order valence-electron chi connectivity index (χ0n) is 8.21. The Kier molecular flexibility index (Phi) is 3.60. The van der Waals surface area contributed by atoms with E-state index in [0.29, 0.717) is 10.7 Å². The summed E-state index contributed by atoms with van der Waals surface area (Å²) in [5, 5.41) is 0.324. The summed E-state index contributed by atoms with van der Waals surface area (Å²) in [6.45, 7) is 0. The Balaban J connectivity index is 2.78. The van der Waals surface area contributed by atoms with E-state index in [1.165, 1.54) is 0 Å². The second-order valence-corrected chi connectivity index (χ2v) is 5.25. The van der Waals surface area contributed by atoms with Crippen molar-refractivity contribution in [1.29, 1.82) is 0 Å². The molecule has 2 rings (SSSR count). The van der Waals surface area contributed by atoms with Crippen molar-refractivity contribution in [3.63, 3.8) is 0 Å². The average Bonchev–Trinajstić information content (AvgIpc) is 2.19. The van der Waals surface area contributed by atoms with Crippen LogP contribution in [0.4, 0.5) is 0 Å². The minimum absolute atomic E-state index is 0.00196. The zero-order valence-corrected chi connectivity index (χ0v) is 11.9. The second-order valence-electron chi connectivity index (χ2n) is 3.19. The Morgan fingerprint density at radius 1 is 1.18 bits per heavy atom. The monoisotopic (exact) mass is 382 g/mol. The van der Waals surface area contributed by atoms with Gasteiger partial charge in [-0.1, -0.05) is 23.2 Å². The van der Waals surface area contributed by atoms with Crippen molar-refractivity contribution in [2.24, 2.45) is 0 Å². The topological polar surface area (TPSA) is 54.9 Å². The van der Waals surface area contributed by atoms with E-state index in [1.807, 2.05) is 0 Å². The molecule has 4 nitrogen and oxygen atoms in total. The van der Waals surface area contributed by atoms with Crippen LogP contribution in [-0.2, 0) is 0 Å². The molecule has 0 aliphatic heterocycles. The Labute approximate surface area is 119 Å². The van der Waals surface area contributed by atoms with E-state index in [9.17, 15) is 9.59 Å². The summed E-state index contributed by atoms with van der Waals surface area (Å²) in [7, 11) is 0. The van der Waals surface area contributed by atoms with Gasteiger partial charge in [0.05, 0.1) is 10.7 Å². The number of benzene rings is 1. The number of H-pyrrole nitrogens is 1. The van der Waals surface area contributed by atoms with E-state index >= 15 is 0 Å². The molecule has 1 aromatic carbocycles. The first-order valence-corrected chi connectivity index (χ1v) is 6.30. The molecule has 0 saturated carbocycles. The van der Waals surface area contributed by atoms with Crippen molar-refractivity contribution in [1.82, 2.24) is 9.55 Å². The van der Waals surface area contributed by atoms with Crippen LogP contribution in [0.25, 0.3) is 5.69 Å². The van der Waals surface area contributed by atoms with Crippen molar-refractivity contribution in [3.05, 3.63) is 58.8 Å². The van der Waals surface area contributed by atoms with Gasteiger partial charge in [0.25, 0.3) is 5.56 Å². The van der Waals surface area contributed by atoms with Crippen LogP contribution in [0.1, 0.15) is 0 Å². The molecule has 88 valence electrons. The van der Waals surface area contributed by atoms with E-state index < -0.39 is 11.2 Å². The lowest BCUT2D eigenvalue weighted by atomic mass is 10.3. The van der Waals surface area contributed by atoms with Gasteiger partial charge in [-0.25, -0.2) is 9.36 Å². The molecule has 0 unspecified atom stereocenters. The van der Waals surface area contributed by atoms with Crippen LogP contribution in [0.5, 0.6) is 0 Å². The van der Waals surface area contributed by atoms with Crippen molar-refractivity contribution in [2.75, 3.05) is 0 Å². The van der Waals surface area contributed by atoms with Gasteiger partial charge in [0.15, 0.2) is 0 Å². The number of hydrogen-bond donors (Lipinski definition) is 1. The number of nitrogens with zero attached hydrogens (tertiary/aromatic N) is 1. The van der Waals surface area contributed by atoms with Gasteiger partial charge in [0.2, 0.25) is 0 Å². The molecule has 0 radical (unpaired) electrons. The Morgan fingerprint density at radius 3 is 2.47 bits per heavy atom. The Hall–Kier alpha value is -0.790. The third-order valence-electron chi connectivity index (χ3n) is 2.05. The molecule has 0 saturated heterocycles. The molecule has 0 aliphatic carbocycles. The molecule has 0 bridgehead atoms. The summed E-state index contributed by atoms with van der Waals surface area (Å²) in [4.78, 5) is 25.7. The standard InChI is InChI=1S/C10H5Cl2IN2O2/c11-6-3-5(13)1-2-7(6)15-9(16)4-8(12)14-10(15)17/h1-4H,(H,14,17). The molecular weight excluding hydrogens is 378 g/mol. The first-order valence-electron chi connectivity index (χ1n) is 4.46. The summed E-state index contributed by atoms with van der Waals surface area (Å²) in [5.74, 6) is 0. The SMILES string of the molecule is O=c1cc(Cl)[nH]c(=O)n1-c1ccc(I)cc1Cl. The third kappa shape index (κ3) is 2.56. The molecule has 1 aromatic heterocycles. The van der Waals surface area contributed by atoms with Crippen molar-refractivity contribution in [3.8, 4) is 5.69 Å². The minimum Gasteiger partial charge on any atom is -0.297 e. The van der Waals surface area contributed by atoms with Gasteiger partial charge in [-0.05, 0) is 40.8 Å². The fourth-order valence-electron chi connectivity index (χ4n) is 1.36. The maximum Gasteiger partial charge on any atom is 0.334 e. The number of nitrogens with one attached hydrogen (secondary N) is 1. The van der Waals surface area contributed by atoms with Gasteiger partial charge < -0.3 is 0 Å². The molecule has 2 aromatic rings. The summed E-state index contributed by atoms with van der Waals surface area (Å²) in [5.41, 5.74) is -0.817. The molecular formula is C10H5Cl2IN2O2. The van der Waals surface area contributed by atoms with Gasteiger partial charge in [-0.15, -0.1) is 0 Å². The van der Waals surface area contributed by atoms with Crippen LogP contribution in [0.15, 0.2) is 33.9 Å². The first-order chi connectivity index (χ1) is 7.99. The maximum absolute atomic E-state index is 11.7. The molecule has 0 fully saturated rings. The van der Waals surface area contributed by atoms with E-state index in [-0.39, 0.29) is 5.15 Å². The van der Waals surface area contributed by atoms with Gasteiger partial charge >= 0.3 is 5.69 Å². The van der Waals surface area contributed by atoms with Gasteiger partial charge in [-0.3, -0.25) is 9.78 Å². The van der Waals surface area contributed by atoms with Crippen molar-refractivity contribution >= 4 is 45.8 Å². The van der Waals surface area contributed by atoms with Crippen molar-refractivity contribution in [2.45, 2.75) is 0 Å². The lowest BCUT2D eigenvalue weighted by Gasteiger charge is -2.06. The number of halogens is 3. The average molecular weight is 383 g/mol. The molecule has 7 heteroatoms. The maximum atomic E-state index is 11.7. The lowest BCUT2D eigenvalue weighted by molar-refractivity contribution is 0.876. The highest BCUT2D eigenvalue weighted by Gasteiger charge is 2.09. The predicted molar refractivity (Wildman–Crippen MR) is 75.4 cm³/mol. The van der Waals surface area contributed by atoms with Crippen LogP contribution < -0.4 is 11.2 Å². The molecule has 0 aliphatic rings. The van der Waals surface area contributed by atoms with Crippen LogP contribution in [-0.4, -0.2) is 9.55 Å². The van der Waals surface area contributed by atoms with Crippen LogP contribution in [0.2, 0.25) is 10.2 Å². The highest BCUT2D eigenvalue weighted by atomic mass is 127. The van der Waals surface area contributed by atoms with Crippen molar-refractivity contribution < 1.29 is 0 Å². The van der Waals surface area contributed by atoms with Gasteiger partial charge in [0, 0.05) is 9.64 Å². The number of hydrogen-bond acceptors (Lipinski definition) is 2. The third-order valence-corrected chi connectivity index (χ3v) is 3.23. The van der Waals surface area contributed by atoms with E-state index in [0.717, 1.165) is 14.2 Å². The highest BCUT2D eigenvalue weighted by Crippen LogP contribution is 2.20. The summed E-state index contributed by atoms with van der Waals surface area (Å²) in [6.07, 6.45) is 0. The quantitative estimate of drug-likeness (QED) is 0.608. The van der Waals surface area contributed by atoms with Gasteiger partial charge in [-0.2, -0.15) is 0 Å². The van der Waals surface area contributed by atoms with E-state index in [4.69, 9.17) is 23.2 Å². The summed E-state index contributed by atoms with van der Waals surface area (Å²) in [6, 6.07) is 6.14. The summed E-state index contributed by atoms with van der Waals surface area (Å²) >= 11 is 13.7. The second kappa shape index (κ2) is 4.83. The van der Waals surface area contributed by atoms with Gasteiger partial charge in [0.1, 0.15) is 5.15 Å².